The zero-order valence-electron chi connectivity index (χ0n) is 10.2. The number of nitrogens with one attached hydrogen (secondary N) is 2. The Hall–Kier alpha value is -0.610. The summed E-state index contributed by atoms with van der Waals surface area (Å²) in [7, 11) is 0. The lowest BCUT2D eigenvalue weighted by molar-refractivity contribution is -0.120. The van der Waals surface area contributed by atoms with Gasteiger partial charge in [-0.15, -0.1) is 0 Å². The van der Waals surface area contributed by atoms with E-state index in [4.69, 9.17) is 0 Å². The fourth-order valence-corrected chi connectivity index (χ4v) is 2.26. The molecule has 92 valence electrons. The second-order valence-electron chi connectivity index (χ2n) is 5.02. The molecule has 2 N–H and O–H groups in total. The van der Waals surface area contributed by atoms with Crippen molar-refractivity contribution in [1.82, 2.24) is 15.5 Å². The van der Waals surface area contributed by atoms with Gasteiger partial charge in [0.15, 0.2) is 0 Å². The molecule has 2 aliphatic rings. The Morgan fingerprint density at radius 2 is 2.19 bits per heavy atom. The van der Waals surface area contributed by atoms with Gasteiger partial charge in [-0.2, -0.15) is 0 Å². The molecule has 1 unspecified atom stereocenters. The Balaban J connectivity index is 1.52. The maximum Gasteiger partial charge on any atom is 0.234 e. The lowest BCUT2D eigenvalue weighted by atomic mass is 10.1. The summed E-state index contributed by atoms with van der Waals surface area (Å²) in [5, 5.41) is 6.25. The van der Waals surface area contributed by atoms with Gasteiger partial charge < -0.3 is 15.5 Å². The van der Waals surface area contributed by atoms with Gasteiger partial charge in [-0.05, 0) is 44.8 Å². The molecule has 4 heteroatoms. The van der Waals surface area contributed by atoms with Crippen LogP contribution in [0.15, 0.2) is 0 Å². The predicted octanol–water partition coefficient (Wildman–Crippen LogP) is 0.196. The first kappa shape index (κ1) is 11.9. The summed E-state index contributed by atoms with van der Waals surface area (Å²) in [5.41, 5.74) is 0. The molecular formula is C12H23N3O. The Morgan fingerprint density at radius 3 is 2.81 bits per heavy atom. The average Bonchev–Trinajstić information content (AvgIpc) is 2.96. The van der Waals surface area contributed by atoms with Crippen LogP contribution in [0.25, 0.3) is 0 Å². The van der Waals surface area contributed by atoms with Gasteiger partial charge in [0.2, 0.25) is 5.91 Å². The van der Waals surface area contributed by atoms with E-state index >= 15 is 0 Å². The first-order chi connectivity index (χ1) is 7.78. The van der Waals surface area contributed by atoms with E-state index in [1.54, 1.807) is 0 Å². The van der Waals surface area contributed by atoms with E-state index < -0.39 is 0 Å². The van der Waals surface area contributed by atoms with Crippen molar-refractivity contribution in [3.63, 3.8) is 0 Å². The normalized spacial score (nSPS) is 25.9. The average molecular weight is 225 g/mol. The largest absolute Gasteiger partial charge is 0.352 e. The van der Waals surface area contributed by atoms with E-state index in [-0.39, 0.29) is 5.91 Å². The molecule has 1 atom stereocenters. The summed E-state index contributed by atoms with van der Waals surface area (Å²) < 4.78 is 0. The molecule has 1 saturated carbocycles. The Labute approximate surface area is 97.8 Å². The molecule has 2 fully saturated rings. The van der Waals surface area contributed by atoms with E-state index in [2.05, 4.69) is 22.5 Å². The van der Waals surface area contributed by atoms with Crippen molar-refractivity contribution < 1.29 is 4.79 Å². The summed E-state index contributed by atoms with van der Waals surface area (Å²) in [4.78, 5) is 13.9. The van der Waals surface area contributed by atoms with Gasteiger partial charge in [-0.3, -0.25) is 4.79 Å². The molecule has 16 heavy (non-hydrogen) atoms. The van der Waals surface area contributed by atoms with Gasteiger partial charge in [0.05, 0.1) is 6.54 Å². The number of hydrogen-bond acceptors (Lipinski definition) is 3. The fourth-order valence-electron chi connectivity index (χ4n) is 2.26. The molecule has 0 aromatic rings. The van der Waals surface area contributed by atoms with Crippen molar-refractivity contribution >= 4 is 5.91 Å². The maximum atomic E-state index is 11.4. The lowest BCUT2D eigenvalue weighted by Gasteiger charge is -2.13. The second kappa shape index (κ2) is 5.64. The third-order valence-corrected chi connectivity index (χ3v) is 3.48. The van der Waals surface area contributed by atoms with Crippen LogP contribution in [0.3, 0.4) is 0 Å². The Bertz CT molecular complexity index is 240. The zero-order chi connectivity index (χ0) is 11.4. The number of carbonyl (C=O) groups is 1. The van der Waals surface area contributed by atoms with E-state index in [0.717, 1.165) is 19.0 Å². The Morgan fingerprint density at radius 1 is 1.38 bits per heavy atom. The van der Waals surface area contributed by atoms with Crippen molar-refractivity contribution in [2.24, 2.45) is 5.92 Å². The highest BCUT2D eigenvalue weighted by atomic mass is 16.2. The van der Waals surface area contributed by atoms with Gasteiger partial charge in [0.25, 0.3) is 0 Å². The molecule has 2 rings (SSSR count). The highest BCUT2D eigenvalue weighted by Gasteiger charge is 2.23. The summed E-state index contributed by atoms with van der Waals surface area (Å²) >= 11 is 0. The Kier molecular flexibility index (Phi) is 4.18. The molecule has 1 amide bonds. The van der Waals surface area contributed by atoms with E-state index in [1.165, 1.54) is 32.4 Å². The quantitative estimate of drug-likeness (QED) is 0.678. The van der Waals surface area contributed by atoms with Crippen LogP contribution in [0.1, 0.15) is 26.2 Å². The second-order valence-corrected chi connectivity index (χ2v) is 5.02. The minimum atomic E-state index is 0.160. The first-order valence-electron chi connectivity index (χ1n) is 6.50. The van der Waals surface area contributed by atoms with Gasteiger partial charge in [-0.25, -0.2) is 0 Å². The van der Waals surface area contributed by atoms with E-state index in [0.29, 0.717) is 12.6 Å². The molecule has 0 aromatic heterocycles. The molecule has 1 aliphatic heterocycles. The number of nitrogens with zero attached hydrogens (tertiary/aromatic N) is 1. The minimum Gasteiger partial charge on any atom is -0.352 e. The summed E-state index contributed by atoms with van der Waals surface area (Å²) in [6.07, 6.45) is 3.60. The van der Waals surface area contributed by atoms with Crippen LogP contribution in [-0.2, 0) is 4.79 Å². The summed E-state index contributed by atoms with van der Waals surface area (Å²) in [6, 6.07) is 0.483. The van der Waals surface area contributed by atoms with Crippen LogP contribution < -0.4 is 10.6 Å². The number of rotatable bonds is 6. The number of amides is 1. The fraction of sp³-hybridized carbons (Fsp3) is 0.917. The molecule has 0 bridgehead atoms. The number of carbonyl (C=O) groups excluding carboxylic acids is 1. The van der Waals surface area contributed by atoms with Gasteiger partial charge in [0, 0.05) is 12.6 Å². The van der Waals surface area contributed by atoms with Crippen molar-refractivity contribution in [2.75, 3.05) is 32.7 Å². The summed E-state index contributed by atoms with van der Waals surface area (Å²) in [5.74, 6) is 0.890. The summed E-state index contributed by atoms with van der Waals surface area (Å²) in [6.45, 7) is 7.23. The van der Waals surface area contributed by atoms with Crippen molar-refractivity contribution in [2.45, 2.75) is 32.2 Å². The van der Waals surface area contributed by atoms with Crippen LogP contribution >= 0.6 is 0 Å². The third kappa shape index (κ3) is 3.76. The molecule has 0 spiro atoms. The standard InChI is InChI=1S/C12H23N3O/c1-2-15-6-5-10(9-15)7-13-8-12(16)14-11-3-4-11/h10-11,13H,2-9H2,1H3,(H,14,16). The first-order valence-corrected chi connectivity index (χ1v) is 6.50. The molecule has 1 saturated heterocycles. The number of likely N-dealkylation sites (tertiary alicyclic amines) is 1. The lowest BCUT2D eigenvalue weighted by Crippen LogP contribution is -2.37. The molecule has 1 aliphatic carbocycles. The van der Waals surface area contributed by atoms with E-state index in [1.807, 2.05) is 0 Å². The predicted molar refractivity (Wildman–Crippen MR) is 64.3 cm³/mol. The van der Waals surface area contributed by atoms with Gasteiger partial charge >= 0.3 is 0 Å². The highest BCUT2D eigenvalue weighted by molar-refractivity contribution is 5.78. The van der Waals surface area contributed by atoms with E-state index in [9.17, 15) is 4.79 Å². The topological polar surface area (TPSA) is 44.4 Å². The van der Waals surface area contributed by atoms with Crippen molar-refractivity contribution in [1.29, 1.82) is 0 Å². The minimum absolute atomic E-state index is 0.160. The molecule has 1 heterocycles. The number of hydrogen-bond donors (Lipinski definition) is 2. The highest BCUT2D eigenvalue weighted by Crippen LogP contribution is 2.18. The zero-order valence-corrected chi connectivity index (χ0v) is 10.2. The van der Waals surface area contributed by atoms with Crippen molar-refractivity contribution in [3.8, 4) is 0 Å². The van der Waals surface area contributed by atoms with Crippen LogP contribution in [-0.4, -0.2) is 49.6 Å². The SMILES string of the molecule is CCN1CCC(CNCC(=O)NC2CC2)C1. The smallest absolute Gasteiger partial charge is 0.234 e. The molecular weight excluding hydrogens is 202 g/mol. The molecule has 0 aromatic carbocycles. The third-order valence-electron chi connectivity index (χ3n) is 3.48. The molecule has 4 nitrogen and oxygen atoms in total. The monoisotopic (exact) mass is 225 g/mol. The van der Waals surface area contributed by atoms with Crippen LogP contribution in [0.4, 0.5) is 0 Å². The van der Waals surface area contributed by atoms with Crippen LogP contribution in [0.5, 0.6) is 0 Å². The van der Waals surface area contributed by atoms with Gasteiger partial charge in [-0.1, -0.05) is 6.92 Å². The van der Waals surface area contributed by atoms with Crippen molar-refractivity contribution in [3.05, 3.63) is 0 Å². The maximum absolute atomic E-state index is 11.4. The van der Waals surface area contributed by atoms with Crippen LogP contribution in [0, 0.1) is 5.92 Å². The molecule has 0 radical (unpaired) electrons. The van der Waals surface area contributed by atoms with Gasteiger partial charge in [0.1, 0.15) is 0 Å². The van der Waals surface area contributed by atoms with Crippen LogP contribution in [0.2, 0.25) is 0 Å².